The van der Waals surface area contributed by atoms with Crippen LogP contribution < -0.4 is 0 Å². The quantitative estimate of drug-likeness (QED) is 0.681. The molecule has 0 bridgehead atoms. The molecule has 1 saturated carbocycles. The zero-order valence-corrected chi connectivity index (χ0v) is 11.4. The van der Waals surface area contributed by atoms with Crippen molar-refractivity contribution in [2.45, 2.75) is 72.3 Å². The Labute approximate surface area is 99.8 Å². The number of hydrogen-bond acceptors (Lipinski definition) is 2. The van der Waals surface area contributed by atoms with Crippen molar-refractivity contribution in [3.63, 3.8) is 0 Å². The third-order valence-electron chi connectivity index (χ3n) is 3.89. The summed E-state index contributed by atoms with van der Waals surface area (Å²) in [5.74, 6) is 0.555. The summed E-state index contributed by atoms with van der Waals surface area (Å²) in [6, 6.07) is 0. The minimum absolute atomic E-state index is 0.0341. The molecule has 2 heteroatoms. The summed E-state index contributed by atoms with van der Waals surface area (Å²) in [4.78, 5) is 12.4. The molecule has 0 N–H and O–H groups in total. The van der Waals surface area contributed by atoms with Gasteiger partial charge in [-0.15, -0.1) is 0 Å². The molecule has 2 nitrogen and oxygen atoms in total. The molecule has 94 valence electrons. The highest BCUT2D eigenvalue weighted by atomic mass is 16.6. The van der Waals surface area contributed by atoms with Gasteiger partial charge in [-0.3, -0.25) is 4.79 Å². The van der Waals surface area contributed by atoms with Crippen LogP contribution in [0.5, 0.6) is 0 Å². The first-order chi connectivity index (χ1) is 7.35. The molecule has 2 unspecified atom stereocenters. The van der Waals surface area contributed by atoms with Crippen LogP contribution in [-0.4, -0.2) is 11.6 Å². The van der Waals surface area contributed by atoms with E-state index in [0.29, 0.717) is 5.92 Å². The van der Waals surface area contributed by atoms with Crippen molar-refractivity contribution in [2.75, 3.05) is 0 Å². The molecule has 0 radical (unpaired) electrons. The van der Waals surface area contributed by atoms with Gasteiger partial charge in [0.05, 0.1) is 5.41 Å². The molecule has 1 aliphatic carbocycles. The van der Waals surface area contributed by atoms with E-state index in [1.807, 2.05) is 20.8 Å². The Morgan fingerprint density at radius 1 is 1.38 bits per heavy atom. The highest BCUT2D eigenvalue weighted by molar-refractivity contribution is 5.78. The molecule has 0 saturated heterocycles. The van der Waals surface area contributed by atoms with Gasteiger partial charge in [-0.05, 0) is 46.0 Å². The minimum Gasteiger partial charge on any atom is -0.460 e. The van der Waals surface area contributed by atoms with Crippen molar-refractivity contribution in [3.8, 4) is 0 Å². The summed E-state index contributed by atoms with van der Waals surface area (Å²) in [5, 5.41) is 0. The Morgan fingerprint density at radius 3 is 2.44 bits per heavy atom. The Kier molecular flexibility index (Phi) is 4.03. The van der Waals surface area contributed by atoms with Crippen LogP contribution in [0.1, 0.15) is 66.7 Å². The highest BCUT2D eigenvalue weighted by Gasteiger charge is 2.48. The topological polar surface area (TPSA) is 26.3 Å². The maximum absolute atomic E-state index is 12.4. The number of rotatable bonds is 3. The van der Waals surface area contributed by atoms with E-state index in [4.69, 9.17) is 4.74 Å². The third kappa shape index (κ3) is 2.58. The highest BCUT2D eigenvalue weighted by Crippen LogP contribution is 2.48. The first kappa shape index (κ1) is 13.5. The zero-order chi connectivity index (χ0) is 12.4. The number of ether oxygens (including phenoxy) is 1. The standard InChI is InChI=1S/C14H26O2/c1-6-11-9-8-10-14(11,7-2)12(15)16-13(3,4)5/h11H,6-10H2,1-5H3. The van der Waals surface area contributed by atoms with Gasteiger partial charge in [0, 0.05) is 0 Å². The van der Waals surface area contributed by atoms with Gasteiger partial charge in [0.1, 0.15) is 5.60 Å². The smallest absolute Gasteiger partial charge is 0.312 e. The number of carbonyl (C=O) groups excluding carboxylic acids is 1. The lowest BCUT2D eigenvalue weighted by Crippen LogP contribution is -2.39. The number of esters is 1. The van der Waals surface area contributed by atoms with Gasteiger partial charge in [0.2, 0.25) is 0 Å². The summed E-state index contributed by atoms with van der Waals surface area (Å²) in [5.41, 5.74) is -0.553. The molecular formula is C14H26O2. The molecule has 0 amide bonds. The van der Waals surface area contributed by atoms with E-state index in [1.54, 1.807) is 0 Å². The molecular weight excluding hydrogens is 200 g/mol. The minimum atomic E-state index is -0.361. The maximum Gasteiger partial charge on any atom is 0.312 e. The summed E-state index contributed by atoms with van der Waals surface area (Å²) >= 11 is 0. The van der Waals surface area contributed by atoms with Gasteiger partial charge < -0.3 is 4.74 Å². The first-order valence-corrected chi connectivity index (χ1v) is 6.59. The fourth-order valence-electron chi connectivity index (χ4n) is 3.00. The Balaban J connectivity index is 2.83. The zero-order valence-electron chi connectivity index (χ0n) is 11.4. The molecule has 0 aromatic rings. The fourth-order valence-corrected chi connectivity index (χ4v) is 3.00. The molecule has 0 heterocycles. The maximum atomic E-state index is 12.4. The summed E-state index contributed by atoms with van der Waals surface area (Å²) < 4.78 is 5.61. The molecule has 0 aromatic carbocycles. The Morgan fingerprint density at radius 2 is 2.00 bits per heavy atom. The van der Waals surface area contributed by atoms with Crippen molar-refractivity contribution in [2.24, 2.45) is 11.3 Å². The average Bonchev–Trinajstić information content (AvgIpc) is 2.58. The second-order valence-electron chi connectivity index (χ2n) is 6.01. The van der Waals surface area contributed by atoms with Crippen molar-refractivity contribution in [3.05, 3.63) is 0 Å². The molecule has 1 fully saturated rings. The van der Waals surface area contributed by atoms with Crippen LogP contribution >= 0.6 is 0 Å². The van der Waals surface area contributed by atoms with Gasteiger partial charge in [-0.2, -0.15) is 0 Å². The Hall–Kier alpha value is -0.530. The van der Waals surface area contributed by atoms with Gasteiger partial charge in [-0.1, -0.05) is 26.7 Å². The molecule has 1 aliphatic rings. The van der Waals surface area contributed by atoms with Crippen LogP contribution in [0, 0.1) is 11.3 Å². The molecule has 1 rings (SSSR count). The van der Waals surface area contributed by atoms with E-state index in [0.717, 1.165) is 19.3 Å². The lowest BCUT2D eigenvalue weighted by Gasteiger charge is -2.34. The van der Waals surface area contributed by atoms with Crippen LogP contribution in [0.3, 0.4) is 0 Å². The SMILES string of the molecule is CCC1CCCC1(CC)C(=O)OC(C)(C)C. The van der Waals surface area contributed by atoms with Crippen LogP contribution in [-0.2, 0) is 9.53 Å². The van der Waals surface area contributed by atoms with Gasteiger partial charge in [0.25, 0.3) is 0 Å². The van der Waals surface area contributed by atoms with E-state index in [-0.39, 0.29) is 17.0 Å². The van der Waals surface area contributed by atoms with E-state index in [9.17, 15) is 4.79 Å². The second kappa shape index (κ2) is 4.77. The molecule has 16 heavy (non-hydrogen) atoms. The molecule has 2 atom stereocenters. The van der Waals surface area contributed by atoms with Gasteiger partial charge in [0.15, 0.2) is 0 Å². The van der Waals surface area contributed by atoms with Crippen molar-refractivity contribution in [1.29, 1.82) is 0 Å². The van der Waals surface area contributed by atoms with Crippen molar-refractivity contribution in [1.82, 2.24) is 0 Å². The normalized spacial score (nSPS) is 30.4. The monoisotopic (exact) mass is 226 g/mol. The van der Waals surface area contributed by atoms with Crippen LogP contribution in [0.2, 0.25) is 0 Å². The van der Waals surface area contributed by atoms with Crippen molar-refractivity contribution < 1.29 is 9.53 Å². The van der Waals surface area contributed by atoms with E-state index < -0.39 is 0 Å². The predicted molar refractivity (Wildman–Crippen MR) is 66.2 cm³/mol. The summed E-state index contributed by atoms with van der Waals surface area (Å²) in [7, 11) is 0. The lowest BCUT2D eigenvalue weighted by atomic mass is 9.74. The van der Waals surface area contributed by atoms with Crippen LogP contribution in [0.25, 0.3) is 0 Å². The summed E-state index contributed by atoms with van der Waals surface area (Å²) in [6.07, 6.45) is 5.37. The van der Waals surface area contributed by atoms with Crippen LogP contribution in [0.15, 0.2) is 0 Å². The second-order valence-corrected chi connectivity index (χ2v) is 6.01. The first-order valence-electron chi connectivity index (χ1n) is 6.59. The predicted octanol–water partition coefficient (Wildman–Crippen LogP) is 3.93. The molecule has 0 aromatic heterocycles. The van der Waals surface area contributed by atoms with E-state index >= 15 is 0 Å². The van der Waals surface area contributed by atoms with Crippen LogP contribution in [0.4, 0.5) is 0 Å². The summed E-state index contributed by atoms with van der Waals surface area (Å²) in [6.45, 7) is 10.2. The average molecular weight is 226 g/mol. The molecule has 0 aliphatic heterocycles. The van der Waals surface area contributed by atoms with E-state index in [1.165, 1.54) is 12.8 Å². The third-order valence-corrected chi connectivity index (χ3v) is 3.89. The molecule has 0 spiro atoms. The van der Waals surface area contributed by atoms with Crippen molar-refractivity contribution >= 4 is 5.97 Å². The lowest BCUT2D eigenvalue weighted by molar-refractivity contribution is -0.170. The largest absolute Gasteiger partial charge is 0.460 e. The Bertz CT molecular complexity index is 252. The number of carbonyl (C=O) groups is 1. The fraction of sp³-hybridized carbons (Fsp3) is 0.929. The van der Waals surface area contributed by atoms with Gasteiger partial charge >= 0.3 is 5.97 Å². The number of hydrogen-bond donors (Lipinski definition) is 0. The van der Waals surface area contributed by atoms with E-state index in [2.05, 4.69) is 13.8 Å². The van der Waals surface area contributed by atoms with Gasteiger partial charge in [-0.25, -0.2) is 0 Å².